The Morgan fingerprint density at radius 1 is 0.838 bits per heavy atom. The number of hydrogen-bond acceptors (Lipinski definition) is 6. The summed E-state index contributed by atoms with van der Waals surface area (Å²) in [5.41, 5.74) is 2.02. The van der Waals surface area contributed by atoms with Crippen molar-refractivity contribution in [2.75, 3.05) is 13.2 Å². The summed E-state index contributed by atoms with van der Waals surface area (Å²) in [5, 5.41) is 12.1. The van der Waals surface area contributed by atoms with Crippen LogP contribution in [-0.2, 0) is 43.5 Å². The lowest BCUT2D eigenvalue weighted by molar-refractivity contribution is -0.263. The van der Waals surface area contributed by atoms with Gasteiger partial charge in [0.1, 0.15) is 23.9 Å². The maximum absolute atomic E-state index is 11.7. The van der Waals surface area contributed by atoms with Crippen LogP contribution in [0.2, 0.25) is 0 Å². The summed E-state index contributed by atoms with van der Waals surface area (Å²) in [6.45, 7) is 1.36. The van der Waals surface area contributed by atoms with Crippen molar-refractivity contribution in [1.29, 1.82) is 0 Å². The molecule has 2 aliphatic rings. The number of hydrogen-bond donors (Lipinski definition) is 2. The molecule has 8 heteroatoms. The average Bonchev–Trinajstić information content (AvgIpc) is 3.31. The average molecular weight is 506 g/mol. The number of rotatable bonds is 11. The van der Waals surface area contributed by atoms with Gasteiger partial charge in [0.15, 0.2) is 6.29 Å². The molecular formula is C29H31NO7. The fourth-order valence-corrected chi connectivity index (χ4v) is 4.82. The fourth-order valence-electron chi connectivity index (χ4n) is 4.82. The van der Waals surface area contributed by atoms with E-state index in [9.17, 15) is 9.90 Å². The highest BCUT2D eigenvalue weighted by atomic mass is 16.8. The van der Waals surface area contributed by atoms with E-state index in [0.717, 1.165) is 16.7 Å². The molecule has 2 saturated heterocycles. The lowest BCUT2D eigenvalue weighted by Crippen LogP contribution is -2.67. The van der Waals surface area contributed by atoms with Crippen molar-refractivity contribution >= 4 is 6.09 Å². The Hall–Kier alpha value is -3.27. The van der Waals surface area contributed by atoms with Crippen LogP contribution in [0.15, 0.2) is 91.0 Å². The number of carbonyl (C=O) groups is 1. The van der Waals surface area contributed by atoms with Crippen molar-refractivity contribution in [1.82, 2.24) is 5.32 Å². The first-order valence-corrected chi connectivity index (χ1v) is 12.3. The highest BCUT2D eigenvalue weighted by Gasteiger charge is 2.61. The first kappa shape index (κ1) is 25.4. The molecule has 2 bridgehead atoms. The van der Waals surface area contributed by atoms with E-state index in [-0.39, 0.29) is 19.8 Å². The number of benzene rings is 3. The van der Waals surface area contributed by atoms with E-state index in [1.807, 2.05) is 91.0 Å². The summed E-state index contributed by atoms with van der Waals surface area (Å²) in [6.07, 6.45) is -3.36. The highest BCUT2D eigenvalue weighted by Crippen LogP contribution is 2.41. The maximum Gasteiger partial charge on any atom is 0.405 e. The molecule has 1 amide bonds. The van der Waals surface area contributed by atoms with Crippen molar-refractivity contribution < 1.29 is 33.6 Å². The van der Waals surface area contributed by atoms with Gasteiger partial charge in [-0.25, -0.2) is 4.79 Å². The van der Waals surface area contributed by atoms with Crippen molar-refractivity contribution in [3.05, 3.63) is 108 Å². The second kappa shape index (κ2) is 11.9. The first-order valence-electron chi connectivity index (χ1n) is 12.3. The van der Waals surface area contributed by atoms with Gasteiger partial charge in [0.2, 0.25) is 0 Å². The number of carboxylic acid groups (broad SMARTS) is 1. The topological polar surface area (TPSA) is 95.5 Å². The van der Waals surface area contributed by atoms with Gasteiger partial charge in [-0.2, -0.15) is 0 Å². The third-order valence-corrected chi connectivity index (χ3v) is 6.61. The zero-order valence-electron chi connectivity index (χ0n) is 20.4. The van der Waals surface area contributed by atoms with Crippen LogP contribution in [0, 0.1) is 0 Å². The third kappa shape index (κ3) is 6.18. The zero-order chi connectivity index (χ0) is 25.5. The van der Waals surface area contributed by atoms with Crippen LogP contribution in [0.1, 0.15) is 16.7 Å². The Labute approximate surface area is 216 Å². The molecule has 2 N–H and O–H groups in total. The van der Waals surface area contributed by atoms with E-state index in [0.29, 0.717) is 13.2 Å². The van der Waals surface area contributed by atoms with E-state index in [4.69, 9.17) is 23.7 Å². The Morgan fingerprint density at radius 3 is 1.95 bits per heavy atom. The van der Waals surface area contributed by atoms with E-state index >= 15 is 0 Å². The fraction of sp³-hybridized carbons (Fsp3) is 0.345. The number of nitrogens with one attached hydrogen (secondary N) is 1. The molecule has 5 atom stereocenters. The molecule has 2 fully saturated rings. The van der Waals surface area contributed by atoms with Gasteiger partial charge < -0.3 is 34.1 Å². The molecule has 0 aliphatic carbocycles. The van der Waals surface area contributed by atoms with Crippen LogP contribution in [0.3, 0.4) is 0 Å². The minimum atomic E-state index is -1.19. The van der Waals surface area contributed by atoms with Crippen LogP contribution < -0.4 is 5.32 Å². The maximum atomic E-state index is 11.7. The third-order valence-electron chi connectivity index (χ3n) is 6.61. The van der Waals surface area contributed by atoms with Gasteiger partial charge in [0.05, 0.1) is 33.0 Å². The summed E-state index contributed by atoms with van der Waals surface area (Å²) >= 11 is 0. The van der Waals surface area contributed by atoms with Crippen LogP contribution in [0.5, 0.6) is 0 Å². The van der Waals surface area contributed by atoms with Crippen LogP contribution in [0.25, 0.3) is 0 Å². The predicted octanol–water partition coefficient (Wildman–Crippen LogP) is 4.14. The Morgan fingerprint density at radius 2 is 1.38 bits per heavy atom. The molecule has 3 aromatic carbocycles. The SMILES string of the molecule is O=C(O)N[C@H]1[C@H]2OC[C@](COCc3ccccc3)(O2)[C@H](OCc2ccccc2)[C@@H]1OCc1ccccc1. The van der Waals surface area contributed by atoms with Gasteiger partial charge in [-0.3, -0.25) is 0 Å². The summed E-state index contributed by atoms with van der Waals surface area (Å²) in [4.78, 5) is 11.7. The monoisotopic (exact) mass is 505 g/mol. The van der Waals surface area contributed by atoms with Gasteiger partial charge in [0.25, 0.3) is 0 Å². The molecule has 0 spiro atoms. The molecule has 5 rings (SSSR count). The standard InChI is InChI=1S/C29H31NO7/c31-28(32)30-24-25(34-17-22-12-6-2-7-13-22)26(35-18-23-14-8-3-9-15-23)29(20-36-27(24)37-29)19-33-16-21-10-4-1-5-11-21/h1-15,24-27,30H,16-20H2,(H,31,32)/t24-,25-,26-,27+,29+/m1/s1. The largest absolute Gasteiger partial charge is 0.465 e. The van der Waals surface area contributed by atoms with Gasteiger partial charge in [0, 0.05) is 0 Å². The van der Waals surface area contributed by atoms with E-state index in [1.54, 1.807) is 0 Å². The molecule has 0 saturated carbocycles. The van der Waals surface area contributed by atoms with Gasteiger partial charge in [-0.15, -0.1) is 0 Å². The van der Waals surface area contributed by atoms with Crippen LogP contribution in [0.4, 0.5) is 4.79 Å². The minimum Gasteiger partial charge on any atom is -0.465 e. The van der Waals surface area contributed by atoms with Gasteiger partial charge >= 0.3 is 6.09 Å². The lowest BCUT2D eigenvalue weighted by Gasteiger charge is -2.46. The van der Waals surface area contributed by atoms with E-state index < -0.39 is 36.2 Å². The second-order valence-corrected chi connectivity index (χ2v) is 9.29. The number of amides is 1. The molecule has 0 unspecified atom stereocenters. The molecule has 0 radical (unpaired) electrons. The summed E-state index contributed by atoms with van der Waals surface area (Å²) in [7, 11) is 0. The molecule has 0 aromatic heterocycles. The van der Waals surface area contributed by atoms with Crippen LogP contribution >= 0.6 is 0 Å². The smallest absolute Gasteiger partial charge is 0.405 e. The highest BCUT2D eigenvalue weighted by molar-refractivity contribution is 5.65. The van der Waals surface area contributed by atoms with Crippen molar-refractivity contribution in [2.45, 2.75) is 50.0 Å². The molecule has 3 aromatic rings. The zero-order valence-corrected chi connectivity index (χ0v) is 20.4. The van der Waals surface area contributed by atoms with Crippen molar-refractivity contribution in [3.63, 3.8) is 0 Å². The molecular weight excluding hydrogens is 474 g/mol. The quantitative estimate of drug-likeness (QED) is 0.405. The molecule has 2 heterocycles. The molecule has 2 aliphatic heterocycles. The normalized spacial score (nSPS) is 26.6. The number of ether oxygens (including phenoxy) is 5. The van der Waals surface area contributed by atoms with E-state index in [1.165, 1.54) is 0 Å². The second-order valence-electron chi connectivity index (χ2n) is 9.29. The van der Waals surface area contributed by atoms with Crippen LogP contribution in [-0.4, -0.2) is 54.6 Å². The van der Waals surface area contributed by atoms with Crippen molar-refractivity contribution in [3.8, 4) is 0 Å². The minimum absolute atomic E-state index is 0.189. The Kier molecular flexibility index (Phi) is 8.13. The Balaban J connectivity index is 1.40. The summed E-state index contributed by atoms with van der Waals surface area (Å²) in [5.74, 6) is 0. The van der Waals surface area contributed by atoms with Gasteiger partial charge in [-0.1, -0.05) is 91.0 Å². The number of fused-ring (bicyclic) bond motifs is 2. The molecule has 8 nitrogen and oxygen atoms in total. The summed E-state index contributed by atoms with van der Waals surface area (Å²) < 4.78 is 31.3. The first-order chi connectivity index (χ1) is 18.1. The van der Waals surface area contributed by atoms with E-state index in [2.05, 4.69) is 5.32 Å². The lowest BCUT2D eigenvalue weighted by atomic mass is 9.87. The molecule has 37 heavy (non-hydrogen) atoms. The van der Waals surface area contributed by atoms with Gasteiger partial charge in [-0.05, 0) is 16.7 Å². The van der Waals surface area contributed by atoms with Crippen molar-refractivity contribution in [2.24, 2.45) is 0 Å². The molecule has 194 valence electrons. The summed E-state index contributed by atoms with van der Waals surface area (Å²) in [6, 6.07) is 28.6. The predicted molar refractivity (Wildman–Crippen MR) is 135 cm³/mol. The Bertz CT molecular complexity index is 1130.